The maximum atomic E-state index is 12.1. The first kappa shape index (κ1) is 14.5. The molecule has 0 aromatic carbocycles. The van der Waals surface area contributed by atoms with Crippen molar-refractivity contribution >= 4 is 21.6 Å². The van der Waals surface area contributed by atoms with E-state index in [4.69, 9.17) is 0 Å². The lowest BCUT2D eigenvalue weighted by atomic mass is 10.2. The molecule has 1 unspecified atom stereocenters. The predicted molar refractivity (Wildman–Crippen MR) is 80.8 cm³/mol. The summed E-state index contributed by atoms with van der Waals surface area (Å²) in [5.74, 6) is 0. The van der Waals surface area contributed by atoms with Crippen LogP contribution in [0.3, 0.4) is 0 Å². The normalized spacial score (nSPS) is 18.8. The quantitative estimate of drug-likeness (QED) is 0.892. The summed E-state index contributed by atoms with van der Waals surface area (Å²) >= 11 is 3.42. The van der Waals surface area contributed by atoms with Crippen molar-refractivity contribution in [2.75, 3.05) is 25.0 Å². The third kappa shape index (κ3) is 3.36. The number of hydrogen-bond acceptors (Lipinski definition) is 4. The van der Waals surface area contributed by atoms with E-state index >= 15 is 0 Å². The summed E-state index contributed by atoms with van der Waals surface area (Å²) in [4.78, 5) is 14.2. The zero-order chi connectivity index (χ0) is 13.8. The molecule has 0 radical (unpaired) electrons. The summed E-state index contributed by atoms with van der Waals surface area (Å²) in [7, 11) is 2.01. The molecule has 0 spiro atoms. The molecule has 1 fully saturated rings. The van der Waals surface area contributed by atoms with E-state index in [0.717, 1.165) is 25.2 Å². The van der Waals surface area contributed by atoms with Gasteiger partial charge in [0.05, 0.1) is 11.9 Å². The first-order valence-corrected chi connectivity index (χ1v) is 7.63. The summed E-state index contributed by atoms with van der Waals surface area (Å²) in [6, 6.07) is 0.509. The van der Waals surface area contributed by atoms with Gasteiger partial charge in [-0.1, -0.05) is 6.92 Å². The van der Waals surface area contributed by atoms with E-state index < -0.39 is 0 Å². The van der Waals surface area contributed by atoms with E-state index in [0.29, 0.717) is 17.1 Å². The van der Waals surface area contributed by atoms with Crippen molar-refractivity contribution < 1.29 is 0 Å². The molecule has 1 aliphatic rings. The molecule has 106 valence electrons. The minimum atomic E-state index is -0.0504. The van der Waals surface area contributed by atoms with Gasteiger partial charge in [0.2, 0.25) is 0 Å². The predicted octanol–water partition coefficient (Wildman–Crippen LogP) is 1.60. The molecule has 0 amide bonds. The zero-order valence-corrected chi connectivity index (χ0v) is 13.1. The Kier molecular flexibility index (Phi) is 4.99. The van der Waals surface area contributed by atoms with Gasteiger partial charge in [0.1, 0.15) is 4.47 Å². The number of halogens is 1. The number of nitrogens with one attached hydrogen (secondary N) is 1. The average Bonchev–Trinajstić information content (AvgIpc) is 2.88. The molecule has 1 N–H and O–H groups in total. The van der Waals surface area contributed by atoms with Gasteiger partial charge in [-0.2, -0.15) is 5.10 Å². The molecule has 1 aliphatic heterocycles. The second-order valence-corrected chi connectivity index (χ2v) is 5.84. The highest BCUT2D eigenvalue weighted by atomic mass is 79.9. The van der Waals surface area contributed by atoms with E-state index in [1.54, 1.807) is 6.20 Å². The monoisotopic (exact) mass is 328 g/mol. The maximum absolute atomic E-state index is 12.1. The molecule has 1 aromatic heterocycles. The minimum Gasteiger partial charge on any atom is -0.371 e. The summed E-state index contributed by atoms with van der Waals surface area (Å²) in [5, 5.41) is 7.70. The van der Waals surface area contributed by atoms with E-state index in [1.807, 2.05) is 14.0 Å². The summed E-state index contributed by atoms with van der Waals surface area (Å²) in [5.41, 5.74) is 0.816. The van der Waals surface area contributed by atoms with Gasteiger partial charge in [0.15, 0.2) is 0 Å². The first-order chi connectivity index (χ1) is 9.13. The summed E-state index contributed by atoms with van der Waals surface area (Å²) in [6.07, 6.45) is 5.11. The van der Waals surface area contributed by atoms with E-state index in [-0.39, 0.29) is 5.56 Å². The molecule has 0 saturated carbocycles. The van der Waals surface area contributed by atoms with Crippen molar-refractivity contribution in [2.45, 2.75) is 38.8 Å². The van der Waals surface area contributed by atoms with Crippen LogP contribution in [0.25, 0.3) is 0 Å². The molecule has 1 aromatic rings. The van der Waals surface area contributed by atoms with Gasteiger partial charge in [-0.3, -0.25) is 4.79 Å². The van der Waals surface area contributed by atoms with Gasteiger partial charge in [0, 0.05) is 26.2 Å². The van der Waals surface area contributed by atoms with Crippen LogP contribution in [0, 0.1) is 0 Å². The van der Waals surface area contributed by atoms with Crippen LogP contribution in [0.1, 0.15) is 26.2 Å². The summed E-state index contributed by atoms with van der Waals surface area (Å²) in [6.45, 7) is 4.69. The third-order valence-electron chi connectivity index (χ3n) is 3.47. The zero-order valence-electron chi connectivity index (χ0n) is 11.5. The molecule has 19 heavy (non-hydrogen) atoms. The van der Waals surface area contributed by atoms with Crippen LogP contribution in [0.15, 0.2) is 15.5 Å². The van der Waals surface area contributed by atoms with Crippen molar-refractivity contribution in [1.29, 1.82) is 0 Å². The minimum absolute atomic E-state index is 0.0504. The van der Waals surface area contributed by atoms with Crippen LogP contribution in [0.4, 0.5) is 5.69 Å². The van der Waals surface area contributed by atoms with Gasteiger partial charge in [-0.15, -0.1) is 0 Å². The van der Waals surface area contributed by atoms with Gasteiger partial charge in [-0.05, 0) is 41.7 Å². The van der Waals surface area contributed by atoms with Crippen molar-refractivity contribution in [3.8, 4) is 0 Å². The lowest BCUT2D eigenvalue weighted by Crippen LogP contribution is -2.36. The van der Waals surface area contributed by atoms with E-state index in [1.165, 1.54) is 17.5 Å². The maximum Gasteiger partial charge on any atom is 0.283 e. The van der Waals surface area contributed by atoms with E-state index in [2.05, 4.69) is 31.2 Å². The van der Waals surface area contributed by atoms with Crippen LogP contribution < -0.4 is 15.8 Å². The molecule has 1 atom stereocenters. The van der Waals surface area contributed by atoms with Gasteiger partial charge in [0.25, 0.3) is 5.56 Å². The Morgan fingerprint density at radius 3 is 3.05 bits per heavy atom. The SMILES string of the molecule is CCCn1ncc(N(C)CC2CCCN2)c(Br)c1=O. The lowest BCUT2D eigenvalue weighted by Gasteiger charge is -2.24. The fourth-order valence-corrected chi connectivity index (χ4v) is 3.04. The summed E-state index contributed by atoms with van der Waals surface area (Å²) < 4.78 is 2.12. The van der Waals surface area contributed by atoms with Gasteiger partial charge >= 0.3 is 0 Å². The van der Waals surface area contributed by atoms with Gasteiger partial charge in [-0.25, -0.2) is 4.68 Å². The van der Waals surface area contributed by atoms with Gasteiger partial charge < -0.3 is 10.2 Å². The third-order valence-corrected chi connectivity index (χ3v) is 4.22. The molecular weight excluding hydrogens is 308 g/mol. The van der Waals surface area contributed by atoms with Crippen molar-refractivity contribution in [2.24, 2.45) is 0 Å². The Balaban J connectivity index is 2.15. The molecule has 6 heteroatoms. The van der Waals surface area contributed by atoms with Crippen LogP contribution in [-0.2, 0) is 6.54 Å². The topological polar surface area (TPSA) is 50.2 Å². The second-order valence-electron chi connectivity index (χ2n) is 5.05. The van der Waals surface area contributed by atoms with Crippen molar-refractivity contribution in [3.63, 3.8) is 0 Å². The molecular formula is C13H21BrN4O. The Labute approximate surface area is 122 Å². The number of hydrogen-bond donors (Lipinski definition) is 1. The Morgan fingerprint density at radius 2 is 2.42 bits per heavy atom. The Hall–Kier alpha value is -0.880. The largest absolute Gasteiger partial charge is 0.371 e. The van der Waals surface area contributed by atoms with Crippen LogP contribution >= 0.6 is 15.9 Å². The molecule has 2 heterocycles. The average molecular weight is 329 g/mol. The smallest absolute Gasteiger partial charge is 0.283 e. The van der Waals surface area contributed by atoms with Crippen LogP contribution in [0.2, 0.25) is 0 Å². The first-order valence-electron chi connectivity index (χ1n) is 6.83. The van der Waals surface area contributed by atoms with Crippen molar-refractivity contribution in [1.82, 2.24) is 15.1 Å². The second kappa shape index (κ2) is 6.52. The fraction of sp³-hybridized carbons (Fsp3) is 0.692. The number of aryl methyl sites for hydroxylation is 1. The molecule has 0 aliphatic carbocycles. The molecule has 0 bridgehead atoms. The number of aromatic nitrogens is 2. The standard InChI is InChI=1S/C13H21BrN4O/c1-3-7-18-13(19)12(14)11(8-16-18)17(2)9-10-5-4-6-15-10/h8,10,15H,3-7,9H2,1-2H3. The van der Waals surface area contributed by atoms with Crippen molar-refractivity contribution in [3.05, 3.63) is 21.0 Å². The fourth-order valence-electron chi connectivity index (χ4n) is 2.44. The highest BCUT2D eigenvalue weighted by Crippen LogP contribution is 2.21. The molecule has 5 nitrogen and oxygen atoms in total. The van der Waals surface area contributed by atoms with Crippen LogP contribution in [-0.4, -0.2) is 36.0 Å². The number of likely N-dealkylation sites (N-methyl/N-ethyl adjacent to an activating group) is 1. The molecule has 2 rings (SSSR count). The van der Waals surface area contributed by atoms with Crippen LogP contribution in [0.5, 0.6) is 0 Å². The molecule has 1 saturated heterocycles. The van der Waals surface area contributed by atoms with E-state index in [9.17, 15) is 4.79 Å². The Morgan fingerprint density at radius 1 is 1.63 bits per heavy atom. The number of rotatable bonds is 5. The number of nitrogens with zero attached hydrogens (tertiary/aromatic N) is 3. The number of anilines is 1. The Bertz CT molecular complexity index is 482. The lowest BCUT2D eigenvalue weighted by molar-refractivity contribution is 0.560. The highest BCUT2D eigenvalue weighted by molar-refractivity contribution is 9.10. The highest BCUT2D eigenvalue weighted by Gasteiger charge is 2.18.